The van der Waals surface area contributed by atoms with Gasteiger partial charge in [0.1, 0.15) is 11.6 Å². The highest BCUT2D eigenvalue weighted by atomic mass is 32.3. The normalized spacial score (nSPS) is 12.4. The molecule has 0 aliphatic heterocycles. The zero-order valence-corrected chi connectivity index (χ0v) is 16.0. The highest BCUT2D eigenvalue weighted by Crippen LogP contribution is 2.48. The first kappa shape index (κ1) is 21.5. The molecule has 2 aromatic carbocycles. The smallest absolute Gasteiger partial charge is 0.340 e. The molecule has 0 radical (unpaired) electrons. The van der Waals surface area contributed by atoms with Crippen molar-refractivity contribution in [2.45, 2.75) is 18.2 Å². The van der Waals surface area contributed by atoms with Crippen molar-refractivity contribution in [2.24, 2.45) is 5.73 Å². The van der Waals surface area contributed by atoms with Crippen LogP contribution in [0.3, 0.4) is 0 Å². The summed E-state index contributed by atoms with van der Waals surface area (Å²) in [6.45, 7) is 1.90. The number of esters is 1. The molecule has 0 bridgehead atoms. The molecular formula is C18H21F2N3O4S. The fourth-order valence-corrected chi connectivity index (χ4v) is 3.22. The SMILES string of the molecule is CC/C(N)=C/Nc1ccc(S(O)(O)Nc2cc(F)c(C(=O)OC)cc2F)cc1. The predicted octanol–water partition coefficient (Wildman–Crippen LogP) is 4.51. The molecule has 28 heavy (non-hydrogen) atoms. The van der Waals surface area contributed by atoms with Crippen LogP contribution < -0.4 is 15.8 Å². The average molecular weight is 413 g/mol. The first-order valence-electron chi connectivity index (χ1n) is 8.12. The summed E-state index contributed by atoms with van der Waals surface area (Å²) in [4.78, 5) is 11.4. The molecule has 7 nitrogen and oxygen atoms in total. The number of anilines is 2. The summed E-state index contributed by atoms with van der Waals surface area (Å²) in [6.07, 6.45) is 2.29. The zero-order chi connectivity index (χ0) is 20.9. The maximum atomic E-state index is 14.2. The number of ether oxygens (including phenoxy) is 1. The second kappa shape index (κ2) is 8.91. The molecule has 0 aliphatic carbocycles. The quantitative estimate of drug-likeness (QED) is 0.424. The number of hydrogen-bond acceptors (Lipinski definition) is 7. The average Bonchev–Trinajstić information content (AvgIpc) is 2.68. The third kappa shape index (κ3) is 5.12. The minimum atomic E-state index is -3.68. The third-order valence-corrected chi connectivity index (χ3v) is 5.16. The van der Waals surface area contributed by atoms with Crippen molar-refractivity contribution in [3.63, 3.8) is 0 Å². The van der Waals surface area contributed by atoms with E-state index in [1.54, 1.807) is 18.3 Å². The number of carbonyl (C=O) groups is 1. The molecule has 0 spiro atoms. The summed E-state index contributed by atoms with van der Waals surface area (Å²) in [6, 6.07) is 7.25. The van der Waals surface area contributed by atoms with Crippen molar-refractivity contribution in [1.82, 2.24) is 0 Å². The molecule has 0 aliphatic rings. The molecule has 0 saturated heterocycles. The van der Waals surface area contributed by atoms with Gasteiger partial charge in [0.25, 0.3) is 0 Å². The van der Waals surface area contributed by atoms with Gasteiger partial charge in [0.15, 0.2) is 0 Å². The maximum Gasteiger partial charge on any atom is 0.340 e. The van der Waals surface area contributed by atoms with Gasteiger partial charge in [-0.15, -0.1) is 0 Å². The Labute approximate surface area is 162 Å². The van der Waals surface area contributed by atoms with Crippen LogP contribution in [-0.2, 0) is 4.74 Å². The van der Waals surface area contributed by atoms with E-state index in [1.165, 1.54) is 12.1 Å². The molecule has 0 saturated carbocycles. The van der Waals surface area contributed by atoms with E-state index in [4.69, 9.17) is 5.73 Å². The van der Waals surface area contributed by atoms with Gasteiger partial charge in [0.05, 0.1) is 23.3 Å². The van der Waals surface area contributed by atoms with Crippen molar-refractivity contribution in [1.29, 1.82) is 0 Å². The highest BCUT2D eigenvalue weighted by Gasteiger charge is 2.21. The van der Waals surface area contributed by atoms with Gasteiger partial charge in [0, 0.05) is 23.7 Å². The Morgan fingerprint density at radius 2 is 1.86 bits per heavy atom. The largest absolute Gasteiger partial charge is 0.465 e. The number of methoxy groups -OCH3 is 1. The fourth-order valence-electron chi connectivity index (χ4n) is 2.12. The van der Waals surface area contributed by atoms with Crippen LogP contribution in [0.4, 0.5) is 20.2 Å². The molecule has 0 atom stereocenters. The van der Waals surface area contributed by atoms with Gasteiger partial charge in [-0.2, -0.15) is 0 Å². The minimum Gasteiger partial charge on any atom is -0.465 e. The Morgan fingerprint density at radius 1 is 1.21 bits per heavy atom. The maximum absolute atomic E-state index is 14.2. The number of carbonyl (C=O) groups excluding carboxylic acids is 1. The number of benzene rings is 2. The molecule has 0 fully saturated rings. The van der Waals surface area contributed by atoms with Crippen molar-refractivity contribution in [3.05, 3.63) is 65.5 Å². The Hall–Kier alpha value is -2.82. The number of nitrogens with one attached hydrogen (secondary N) is 2. The van der Waals surface area contributed by atoms with Crippen molar-refractivity contribution in [2.75, 3.05) is 17.1 Å². The van der Waals surface area contributed by atoms with Crippen LogP contribution in [0.25, 0.3) is 0 Å². The lowest BCUT2D eigenvalue weighted by Gasteiger charge is -2.34. The number of nitrogens with two attached hydrogens (primary N) is 1. The van der Waals surface area contributed by atoms with E-state index in [-0.39, 0.29) is 4.90 Å². The summed E-state index contributed by atoms with van der Waals surface area (Å²) >= 11 is 0. The number of halogens is 2. The van der Waals surface area contributed by atoms with Gasteiger partial charge in [0.2, 0.25) is 0 Å². The zero-order valence-electron chi connectivity index (χ0n) is 15.2. The lowest BCUT2D eigenvalue weighted by Crippen LogP contribution is -2.12. The molecule has 0 unspecified atom stereocenters. The van der Waals surface area contributed by atoms with E-state index in [0.29, 0.717) is 29.9 Å². The van der Waals surface area contributed by atoms with Crippen LogP contribution in [0.5, 0.6) is 0 Å². The first-order valence-corrected chi connectivity index (χ1v) is 9.67. The molecule has 2 aromatic rings. The summed E-state index contributed by atoms with van der Waals surface area (Å²) in [5.41, 5.74) is 5.87. The Balaban J connectivity index is 2.21. The van der Waals surface area contributed by atoms with Gasteiger partial charge in [-0.25, -0.2) is 13.6 Å². The predicted molar refractivity (Wildman–Crippen MR) is 105 cm³/mol. The second-order valence-corrected chi connectivity index (χ2v) is 7.47. The van der Waals surface area contributed by atoms with Crippen LogP contribution in [-0.4, -0.2) is 22.2 Å². The van der Waals surface area contributed by atoms with Gasteiger partial charge in [-0.3, -0.25) is 13.8 Å². The van der Waals surface area contributed by atoms with Crippen LogP contribution in [0.2, 0.25) is 0 Å². The lowest BCUT2D eigenvalue weighted by molar-refractivity contribution is 0.0595. The van der Waals surface area contributed by atoms with Crippen LogP contribution in [0.15, 0.2) is 53.2 Å². The van der Waals surface area contributed by atoms with E-state index >= 15 is 0 Å². The molecular weight excluding hydrogens is 392 g/mol. The topological polar surface area (TPSA) is 117 Å². The molecule has 10 heteroatoms. The summed E-state index contributed by atoms with van der Waals surface area (Å²) in [7, 11) is -2.65. The minimum absolute atomic E-state index is 0.0577. The molecule has 0 heterocycles. The number of hydrogen-bond donors (Lipinski definition) is 5. The Morgan fingerprint density at radius 3 is 2.43 bits per heavy atom. The first-order chi connectivity index (χ1) is 13.2. The van der Waals surface area contributed by atoms with Gasteiger partial charge < -0.3 is 15.8 Å². The molecule has 2 rings (SSSR count). The number of rotatable bonds is 7. The summed E-state index contributed by atoms with van der Waals surface area (Å²) in [5.74, 6) is -3.15. The fraction of sp³-hybridized carbons (Fsp3) is 0.167. The third-order valence-electron chi connectivity index (χ3n) is 3.73. The van der Waals surface area contributed by atoms with Crippen LogP contribution >= 0.6 is 10.8 Å². The lowest BCUT2D eigenvalue weighted by atomic mass is 10.2. The standard InChI is InChI=1S/C18H21F2N3O4S/c1-3-11(21)10-22-12-4-6-13(7-5-12)28(25,26)23-17-9-15(19)14(8-16(17)20)18(24)27-2/h4-10,22-23,25-26H,3,21H2,1-2H3/b11-10-. The highest BCUT2D eigenvalue weighted by molar-refractivity contribution is 8.25. The van der Waals surface area contributed by atoms with E-state index in [9.17, 15) is 22.7 Å². The van der Waals surface area contributed by atoms with Crippen LogP contribution in [0, 0.1) is 11.6 Å². The molecule has 152 valence electrons. The summed E-state index contributed by atoms with van der Waals surface area (Å²) < 4.78 is 55.3. The van der Waals surface area contributed by atoms with Gasteiger partial charge in [-0.1, -0.05) is 17.7 Å². The molecule has 0 aromatic heterocycles. The van der Waals surface area contributed by atoms with E-state index in [1.807, 2.05) is 6.92 Å². The van der Waals surface area contributed by atoms with Crippen molar-refractivity contribution >= 4 is 28.1 Å². The number of allylic oxidation sites excluding steroid dienone is 1. The molecule has 0 amide bonds. The summed E-state index contributed by atoms with van der Waals surface area (Å²) in [5, 5.41) is 2.95. The second-order valence-electron chi connectivity index (χ2n) is 5.70. The van der Waals surface area contributed by atoms with E-state index < -0.39 is 39.6 Å². The van der Waals surface area contributed by atoms with Crippen molar-refractivity contribution in [3.8, 4) is 0 Å². The van der Waals surface area contributed by atoms with E-state index in [2.05, 4.69) is 14.8 Å². The monoisotopic (exact) mass is 413 g/mol. The van der Waals surface area contributed by atoms with Crippen molar-refractivity contribution < 1.29 is 27.4 Å². The van der Waals surface area contributed by atoms with Gasteiger partial charge >= 0.3 is 5.97 Å². The molecule has 6 N–H and O–H groups in total. The van der Waals surface area contributed by atoms with Gasteiger partial charge in [-0.05, 0) is 36.8 Å². The Bertz CT molecular complexity index is 889. The van der Waals surface area contributed by atoms with E-state index in [0.717, 1.165) is 7.11 Å². The Kier molecular flexibility index (Phi) is 6.84. The van der Waals surface area contributed by atoms with Crippen LogP contribution in [0.1, 0.15) is 23.7 Å².